The molecular weight excluding hydrogens is 482 g/mol. The van der Waals surface area contributed by atoms with Crippen LogP contribution >= 0.6 is 24.0 Å². The van der Waals surface area contributed by atoms with Gasteiger partial charge in [-0.25, -0.2) is 4.39 Å². The molecule has 1 aromatic heterocycles. The minimum absolute atomic E-state index is 0. The Labute approximate surface area is 190 Å². The van der Waals surface area contributed by atoms with Gasteiger partial charge in [0.1, 0.15) is 5.82 Å². The third-order valence-corrected chi connectivity index (χ3v) is 5.09. The first-order valence-corrected chi connectivity index (χ1v) is 9.93. The SMILES string of the molecule is CN=C(NCCCN1CCN(c2ccccc2F)CC1)NCc1ccn(C)c1.I. The van der Waals surface area contributed by atoms with Gasteiger partial charge in [-0.1, -0.05) is 12.1 Å². The van der Waals surface area contributed by atoms with Crippen LogP contribution in [0.3, 0.4) is 0 Å². The molecule has 6 nitrogen and oxygen atoms in total. The van der Waals surface area contributed by atoms with Gasteiger partial charge in [0, 0.05) is 65.8 Å². The van der Waals surface area contributed by atoms with Gasteiger partial charge in [-0.05, 0) is 36.7 Å². The summed E-state index contributed by atoms with van der Waals surface area (Å²) in [5, 5.41) is 6.71. The summed E-state index contributed by atoms with van der Waals surface area (Å²) in [5.74, 6) is 0.697. The van der Waals surface area contributed by atoms with Crippen molar-refractivity contribution >= 4 is 35.6 Å². The maximum Gasteiger partial charge on any atom is 0.191 e. The number of benzene rings is 1. The summed E-state index contributed by atoms with van der Waals surface area (Å²) < 4.78 is 16.0. The van der Waals surface area contributed by atoms with Crippen molar-refractivity contribution in [1.29, 1.82) is 0 Å². The van der Waals surface area contributed by atoms with Gasteiger partial charge in [0.15, 0.2) is 5.96 Å². The van der Waals surface area contributed by atoms with Crippen molar-refractivity contribution in [2.45, 2.75) is 13.0 Å². The van der Waals surface area contributed by atoms with E-state index in [1.54, 1.807) is 13.1 Å². The second kappa shape index (κ2) is 12.0. The smallest absolute Gasteiger partial charge is 0.191 e. The number of aryl methyl sites for hydroxylation is 1. The summed E-state index contributed by atoms with van der Waals surface area (Å²) >= 11 is 0. The Morgan fingerprint density at radius 2 is 1.86 bits per heavy atom. The van der Waals surface area contributed by atoms with Crippen LogP contribution in [-0.4, -0.2) is 61.7 Å². The standard InChI is InChI=1S/C21H31FN6.HI/c1-23-21(25-16-18-8-11-26(2)17-18)24-9-5-10-27-12-14-28(15-13-27)20-7-4-3-6-19(20)22;/h3-4,6-8,11,17H,5,9-10,12-16H2,1-2H3,(H2,23,24,25);1H. The van der Waals surface area contributed by atoms with E-state index < -0.39 is 0 Å². The van der Waals surface area contributed by atoms with Crippen LogP contribution < -0.4 is 15.5 Å². The number of nitrogens with zero attached hydrogens (tertiary/aromatic N) is 4. The molecule has 1 aromatic carbocycles. The average Bonchev–Trinajstić information content (AvgIpc) is 3.13. The summed E-state index contributed by atoms with van der Waals surface area (Å²) in [6.07, 6.45) is 5.19. The van der Waals surface area contributed by atoms with Gasteiger partial charge in [0.2, 0.25) is 0 Å². The Balaban J connectivity index is 0.00000300. The highest BCUT2D eigenvalue weighted by Crippen LogP contribution is 2.20. The second-order valence-electron chi connectivity index (χ2n) is 7.17. The van der Waals surface area contributed by atoms with Crippen LogP contribution in [0.15, 0.2) is 47.7 Å². The first kappa shape index (κ1) is 23.5. The van der Waals surface area contributed by atoms with Crippen LogP contribution in [0.5, 0.6) is 0 Å². The largest absolute Gasteiger partial charge is 0.367 e. The van der Waals surface area contributed by atoms with Crippen LogP contribution in [-0.2, 0) is 13.6 Å². The molecule has 1 aliphatic rings. The van der Waals surface area contributed by atoms with E-state index in [-0.39, 0.29) is 29.8 Å². The molecular formula is C21H32FIN6. The summed E-state index contributed by atoms with van der Waals surface area (Å²) in [6.45, 7) is 6.35. The molecule has 1 fully saturated rings. The topological polar surface area (TPSA) is 47.8 Å². The predicted octanol–water partition coefficient (Wildman–Crippen LogP) is 2.66. The van der Waals surface area contributed by atoms with Gasteiger partial charge in [-0.2, -0.15) is 0 Å². The molecule has 8 heteroatoms. The Kier molecular flexibility index (Phi) is 9.72. The lowest BCUT2D eigenvalue weighted by Gasteiger charge is -2.36. The number of para-hydroxylation sites is 1. The van der Waals surface area contributed by atoms with E-state index in [0.29, 0.717) is 0 Å². The highest BCUT2D eigenvalue weighted by molar-refractivity contribution is 14.0. The molecule has 0 radical (unpaired) electrons. The number of halogens is 2. The van der Waals surface area contributed by atoms with Crippen molar-refractivity contribution in [3.05, 3.63) is 54.1 Å². The summed E-state index contributed by atoms with van der Waals surface area (Å²) in [5.41, 5.74) is 1.95. The number of rotatable bonds is 7. The normalized spacial score (nSPS) is 15.1. The van der Waals surface area contributed by atoms with E-state index >= 15 is 0 Å². The van der Waals surface area contributed by atoms with Gasteiger partial charge in [-0.15, -0.1) is 24.0 Å². The molecule has 1 aliphatic heterocycles. The van der Waals surface area contributed by atoms with Gasteiger partial charge in [0.25, 0.3) is 0 Å². The lowest BCUT2D eigenvalue weighted by Crippen LogP contribution is -2.47. The monoisotopic (exact) mass is 514 g/mol. The molecule has 1 saturated heterocycles. The summed E-state index contributed by atoms with van der Waals surface area (Å²) in [7, 11) is 3.81. The minimum Gasteiger partial charge on any atom is -0.367 e. The number of hydrogen-bond donors (Lipinski definition) is 2. The lowest BCUT2D eigenvalue weighted by atomic mass is 10.2. The molecule has 29 heavy (non-hydrogen) atoms. The fourth-order valence-electron chi connectivity index (χ4n) is 3.50. The summed E-state index contributed by atoms with van der Waals surface area (Å²) in [4.78, 5) is 8.86. The van der Waals surface area contributed by atoms with Gasteiger partial charge < -0.3 is 20.1 Å². The molecule has 2 aromatic rings. The Morgan fingerprint density at radius 3 is 2.52 bits per heavy atom. The maximum atomic E-state index is 13.9. The Hall–Kier alpha value is -1.81. The van der Waals surface area contributed by atoms with Crippen molar-refractivity contribution in [1.82, 2.24) is 20.1 Å². The van der Waals surface area contributed by atoms with Crippen LogP contribution in [0.2, 0.25) is 0 Å². The van der Waals surface area contributed by atoms with E-state index in [9.17, 15) is 4.39 Å². The second-order valence-corrected chi connectivity index (χ2v) is 7.17. The highest BCUT2D eigenvalue weighted by Gasteiger charge is 2.18. The predicted molar refractivity (Wildman–Crippen MR) is 129 cm³/mol. The molecule has 0 bridgehead atoms. The zero-order chi connectivity index (χ0) is 19.8. The molecule has 3 rings (SSSR count). The highest BCUT2D eigenvalue weighted by atomic mass is 127. The summed E-state index contributed by atoms with van der Waals surface area (Å²) in [6, 6.07) is 9.14. The first-order chi connectivity index (χ1) is 13.7. The van der Waals surface area contributed by atoms with E-state index in [1.165, 1.54) is 11.6 Å². The number of hydrogen-bond acceptors (Lipinski definition) is 3. The average molecular weight is 514 g/mol. The van der Waals surface area contributed by atoms with Crippen LogP contribution in [0, 0.1) is 5.82 Å². The van der Waals surface area contributed by atoms with Crippen molar-refractivity contribution < 1.29 is 4.39 Å². The fourth-order valence-corrected chi connectivity index (χ4v) is 3.50. The number of anilines is 1. The molecule has 0 saturated carbocycles. The molecule has 160 valence electrons. The van der Waals surface area contributed by atoms with Crippen molar-refractivity contribution in [2.75, 3.05) is 51.2 Å². The third-order valence-electron chi connectivity index (χ3n) is 5.09. The van der Waals surface area contributed by atoms with Gasteiger partial charge in [0.05, 0.1) is 5.69 Å². The molecule has 0 unspecified atom stereocenters. The third kappa shape index (κ3) is 7.18. The number of aliphatic imine (C=N–C) groups is 1. The number of aromatic nitrogens is 1. The van der Waals surface area contributed by atoms with Gasteiger partial charge in [-0.3, -0.25) is 9.89 Å². The zero-order valence-corrected chi connectivity index (χ0v) is 19.6. The molecule has 0 spiro atoms. The molecule has 0 aliphatic carbocycles. The fraction of sp³-hybridized carbons (Fsp3) is 0.476. The number of piperazine rings is 1. The van der Waals surface area contributed by atoms with Crippen molar-refractivity contribution in [2.24, 2.45) is 12.0 Å². The van der Waals surface area contributed by atoms with Crippen LogP contribution in [0.25, 0.3) is 0 Å². The molecule has 0 amide bonds. The molecule has 2 heterocycles. The molecule has 2 N–H and O–H groups in total. The quantitative estimate of drug-likeness (QED) is 0.258. The van der Waals surface area contributed by atoms with Gasteiger partial charge >= 0.3 is 0 Å². The Bertz CT molecular complexity index is 770. The van der Waals surface area contributed by atoms with E-state index in [0.717, 1.165) is 63.9 Å². The first-order valence-electron chi connectivity index (χ1n) is 9.93. The Morgan fingerprint density at radius 1 is 1.10 bits per heavy atom. The number of nitrogens with one attached hydrogen (secondary N) is 2. The van der Waals surface area contributed by atoms with Crippen LogP contribution in [0.4, 0.5) is 10.1 Å². The minimum atomic E-state index is -0.130. The number of guanidine groups is 1. The van der Waals surface area contributed by atoms with Crippen LogP contribution in [0.1, 0.15) is 12.0 Å². The molecule has 0 atom stereocenters. The van der Waals surface area contributed by atoms with Crippen molar-refractivity contribution in [3.8, 4) is 0 Å². The maximum absolute atomic E-state index is 13.9. The van der Waals surface area contributed by atoms with E-state index in [1.807, 2.05) is 29.9 Å². The van der Waals surface area contributed by atoms with E-state index in [2.05, 4.69) is 37.7 Å². The lowest BCUT2D eigenvalue weighted by molar-refractivity contribution is 0.254. The van der Waals surface area contributed by atoms with Crippen molar-refractivity contribution in [3.63, 3.8) is 0 Å². The zero-order valence-electron chi connectivity index (χ0n) is 17.3. The van der Waals surface area contributed by atoms with E-state index in [4.69, 9.17) is 0 Å².